The molecule has 0 aliphatic rings. The molecule has 0 bridgehead atoms. The zero-order chi connectivity index (χ0) is 14.7. The van der Waals surface area contributed by atoms with Crippen molar-refractivity contribution in [2.45, 2.75) is 0 Å². The molecule has 0 unspecified atom stereocenters. The average molecular weight is 356 g/mol. The second-order valence-corrected chi connectivity index (χ2v) is 5.04. The molecule has 0 aliphatic heterocycles. The van der Waals surface area contributed by atoms with E-state index in [-0.39, 0.29) is 16.3 Å². The van der Waals surface area contributed by atoms with Crippen LogP contribution in [0.3, 0.4) is 0 Å². The zero-order valence-corrected chi connectivity index (χ0v) is 12.3. The summed E-state index contributed by atoms with van der Waals surface area (Å²) < 4.78 is 0.524. The van der Waals surface area contributed by atoms with Crippen molar-refractivity contribution in [2.24, 2.45) is 0 Å². The summed E-state index contributed by atoms with van der Waals surface area (Å²) in [5.74, 6) is -1.50. The van der Waals surface area contributed by atoms with Gasteiger partial charge in [0.2, 0.25) is 0 Å². The third kappa shape index (κ3) is 3.34. The molecule has 0 aliphatic carbocycles. The van der Waals surface area contributed by atoms with E-state index in [4.69, 9.17) is 16.7 Å². The molecular formula is C13H8BrClN2O3. The van der Waals surface area contributed by atoms with Crippen molar-refractivity contribution in [3.05, 3.63) is 57.3 Å². The molecule has 2 rings (SSSR count). The Bertz CT molecular complexity index is 691. The molecule has 1 aromatic carbocycles. The number of benzene rings is 1. The number of pyridine rings is 1. The van der Waals surface area contributed by atoms with Crippen LogP contribution < -0.4 is 5.32 Å². The number of aromatic nitrogens is 1. The number of hydrogen-bond acceptors (Lipinski definition) is 3. The highest BCUT2D eigenvalue weighted by atomic mass is 79.9. The highest BCUT2D eigenvalue weighted by Crippen LogP contribution is 2.24. The van der Waals surface area contributed by atoms with Crippen molar-refractivity contribution in [2.75, 3.05) is 5.32 Å². The Morgan fingerprint density at radius 1 is 1.20 bits per heavy atom. The molecule has 0 saturated heterocycles. The highest BCUT2D eigenvalue weighted by molar-refractivity contribution is 9.10. The smallest absolute Gasteiger partial charge is 0.335 e. The quantitative estimate of drug-likeness (QED) is 0.827. The molecule has 5 nitrogen and oxygen atoms in total. The van der Waals surface area contributed by atoms with Crippen LogP contribution in [0.5, 0.6) is 0 Å². The van der Waals surface area contributed by atoms with Crippen LogP contribution in [0.25, 0.3) is 0 Å². The van der Waals surface area contributed by atoms with E-state index in [2.05, 4.69) is 26.2 Å². The summed E-state index contributed by atoms with van der Waals surface area (Å²) >= 11 is 9.10. The van der Waals surface area contributed by atoms with Gasteiger partial charge in [-0.05, 0) is 46.3 Å². The summed E-state index contributed by atoms with van der Waals surface area (Å²) in [6.07, 6.45) is 1.48. The maximum Gasteiger partial charge on any atom is 0.335 e. The molecule has 0 fully saturated rings. The molecule has 0 radical (unpaired) electrons. The predicted octanol–water partition coefficient (Wildman–Crippen LogP) is 3.45. The average Bonchev–Trinajstić information content (AvgIpc) is 2.41. The maximum absolute atomic E-state index is 12.0. The maximum atomic E-state index is 12.0. The fourth-order valence-corrected chi connectivity index (χ4v) is 2.02. The van der Waals surface area contributed by atoms with E-state index >= 15 is 0 Å². The number of carbonyl (C=O) groups is 2. The van der Waals surface area contributed by atoms with E-state index in [1.165, 1.54) is 30.5 Å². The van der Waals surface area contributed by atoms with E-state index < -0.39 is 11.9 Å². The number of carboxylic acid groups (broad SMARTS) is 1. The van der Waals surface area contributed by atoms with Crippen LogP contribution in [0.15, 0.2) is 41.1 Å². The number of aromatic carboxylic acids is 1. The second-order valence-electron chi connectivity index (χ2n) is 3.82. The third-order valence-corrected chi connectivity index (χ3v) is 3.21. The molecule has 7 heteroatoms. The van der Waals surface area contributed by atoms with E-state index in [1.54, 1.807) is 6.07 Å². The van der Waals surface area contributed by atoms with E-state index in [0.29, 0.717) is 10.2 Å². The van der Waals surface area contributed by atoms with Crippen LogP contribution in [0.2, 0.25) is 5.02 Å². The van der Waals surface area contributed by atoms with E-state index in [0.717, 1.165) is 0 Å². The van der Waals surface area contributed by atoms with Crippen LogP contribution >= 0.6 is 27.5 Å². The Hall–Kier alpha value is -1.92. The van der Waals surface area contributed by atoms with Gasteiger partial charge in [-0.1, -0.05) is 11.6 Å². The van der Waals surface area contributed by atoms with Gasteiger partial charge in [0.25, 0.3) is 5.91 Å². The first-order valence-electron chi connectivity index (χ1n) is 5.43. The van der Waals surface area contributed by atoms with Crippen LogP contribution in [-0.4, -0.2) is 22.0 Å². The summed E-state index contributed by atoms with van der Waals surface area (Å²) in [6, 6.07) is 7.17. The number of nitrogens with one attached hydrogen (secondary N) is 1. The molecule has 0 spiro atoms. The lowest BCUT2D eigenvalue weighted by molar-refractivity contribution is 0.0696. The van der Waals surface area contributed by atoms with Gasteiger partial charge in [0, 0.05) is 11.8 Å². The fourth-order valence-electron chi connectivity index (χ4n) is 1.49. The van der Waals surface area contributed by atoms with Crippen LogP contribution in [0.4, 0.5) is 5.69 Å². The van der Waals surface area contributed by atoms with Crippen LogP contribution in [-0.2, 0) is 0 Å². The summed E-state index contributed by atoms with van der Waals surface area (Å²) in [7, 11) is 0. The molecule has 1 heterocycles. The summed E-state index contributed by atoms with van der Waals surface area (Å²) in [5, 5.41) is 11.7. The van der Waals surface area contributed by atoms with Gasteiger partial charge in [0.1, 0.15) is 4.60 Å². The van der Waals surface area contributed by atoms with Gasteiger partial charge in [-0.3, -0.25) is 4.79 Å². The third-order valence-electron chi connectivity index (χ3n) is 2.45. The molecule has 1 amide bonds. The van der Waals surface area contributed by atoms with Crippen LogP contribution in [0.1, 0.15) is 20.7 Å². The van der Waals surface area contributed by atoms with E-state index in [1.807, 2.05) is 0 Å². The second kappa shape index (κ2) is 6.02. The molecule has 102 valence electrons. The van der Waals surface area contributed by atoms with Gasteiger partial charge < -0.3 is 10.4 Å². The number of amides is 1. The first-order chi connectivity index (χ1) is 9.47. The number of rotatable bonds is 3. The molecule has 1 aromatic heterocycles. The first-order valence-corrected chi connectivity index (χ1v) is 6.60. The number of halogens is 2. The minimum atomic E-state index is -1.09. The van der Waals surface area contributed by atoms with Crippen molar-refractivity contribution in [3.8, 4) is 0 Å². The Kier molecular flexibility index (Phi) is 4.36. The molecule has 2 aromatic rings. The number of hydrogen-bond donors (Lipinski definition) is 2. The molecule has 0 saturated carbocycles. The van der Waals surface area contributed by atoms with Gasteiger partial charge in [-0.15, -0.1) is 0 Å². The van der Waals surface area contributed by atoms with E-state index in [9.17, 15) is 9.59 Å². The molecule has 20 heavy (non-hydrogen) atoms. The molecular weight excluding hydrogens is 348 g/mol. The molecule has 2 N–H and O–H groups in total. The predicted molar refractivity (Wildman–Crippen MR) is 78.3 cm³/mol. The van der Waals surface area contributed by atoms with Gasteiger partial charge >= 0.3 is 5.97 Å². The number of anilines is 1. The Morgan fingerprint density at radius 2 is 1.95 bits per heavy atom. The minimum Gasteiger partial charge on any atom is -0.478 e. The Morgan fingerprint density at radius 3 is 2.60 bits per heavy atom. The van der Waals surface area contributed by atoms with Crippen molar-refractivity contribution >= 4 is 45.1 Å². The lowest BCUT2D eigenvalue weighted by Crippen LogP contribution is -2.13. The minimum absolute atomic E-state index is 0.0422. The topological polar surface area (TPSA) is 79.3 Å². The van der Waals surface area contributed by atoms with Gasteiger partial charge in [-0.2, -0.15) is 0 Å². The summed E-state index contributed by atoms with van der Waals surface area (Å²) in [5.41, 5.74) is 0.661. The Labute approximate surface area is 127 Å². The van der Waals surface area contributed by atoms with Crippen molar-refractivity contribution in [1.82, 2.24) is 4.98 Å². The monoisotopic (exact) mass is 354 g/mol. The lowest BCUT2D eigenvalue weighted by atomic mass is 10.2. The number of carboxylic acids is 1. The SMILES string of the molecule is O=C(O)c1ccc(Cl)c(NC(=O)c2ccnc(Br)c2)c1. The Balaban J connectivity index is 2.27. The van der Waals surface area contributed by atoms with Crippen molar-refractivity contribution in [1.29, 1.82) is 0 Å². The molecule has 0 atom stereocenters. The largest absolute Gasteiger partial charge is 0.478 e. The normalized spacial score (nSPS) is 10.1. The standard InChI is InChI=1S/C13H8BrClN2O3/c14-11-6-7(3-4-16-11)12(18)17-10-5-8(13(19)20)1-2-9(10)15/h1-6H,(H,17,18)(H,19,20). The van der Waals surface area contributed by atoms with Gasteiger partial charge in [0.05, 0.1) is 16.3 Å². The van der Waals surface area contributed by atoms with Gasteiger partial charge in [0.15, 0.2) is 0 Å². The van der Waals surface area contributed by atoms with Crippen molar-refractivity contribution in [3.63, 3.8) is 0 Å². The van der Waals surface area contributed by atoms with Crippen LogP contribution in [0, 0.1) is 0 Å². The summed E-state index contributed by atoms with van der Waals surface area (Å²) in [6.45, 7) is 0. The number of carbonyl (C=O) groups excluding carboxylic acids is 1. The van der Waals surface area contributed by atoms with Crippen molar-refractivity contribution < 1.29 is 14.7 Å². The zero-order valence-electron chi connectivity index (χ0n) is 9.93. The summed E-state index contributed by atoms with van der Waals surface area (Å²) in [4.78, 5) is 26.8. The highest BCUT2D eigenvalue weighted by Gasteiger charge is 2.12. The first kappa shape index (κ1) is 14.5. The lowest BCUT2D eigenvalue weighted by Gasteiger charge is -2.08. The van der Waals surface area contributed by atoms with Gasteiger partial charge in [-0.25, -0.2) is 9.78 Å². The number of nitrogens with zero attached hydrogens (tertiary/aromatic N) is 1. The fraction of sp³-hybridized carbons (Fsp3) is 0.